The van der Waals surface area contributed by atoms with E-state index in [1.165, 1.54) is 16.4 Å². The van der Waals surface area contributed by atoms with Crippen LogP contribution in [0.2, 0.25) is 15.1 Å². The maximum absolute atomic E-state index is 12.5. The minimum absolute atomic E-state index is 0.0358. The lowest BCUT2D eigenvalue weighted by Crippen LogP contribution is -2.30. The lowest BCUT2D eigenvalue weighted by molar-refractivity contribution is 0.459. The molecule has 19 heavy (non-hydrogen) atoms. The van der Waals surface area contributed by atoms with E-state index in [-0.39, 0.29) is 20.9 Å². The van der Waals surface area contributed by atoms with Crippen LogP contribution in [0.15, 0.2) is 17.0 Å². The maximum atomic E-state index is 12.5. The van der Waals surface area contributed by atoms with E-state index >= 15 is 0 Å². The molecule has 1 aliphatic heterocycles. The fourth-order valence-corrected chi connectivity index (χ4v) is 5.14. The SMILES string of the molecule is NC[C@@H]1CCN(S(=O)(=O)c2c(Cl)cc(Cl)cc2Cl)C1. The molecule has 2 N–H and O–H groups in total. The molecule has 0 radical (unpaired) electrons. The Kier molecular flexibility index (Phi) is 4.65. The standard InChI is InChI=1S/C11H13Cl3N2O2S/c12-8-3-9(13)11(10(14)4-8)19(17,18)16-2-1-7(5-15)6-16/h3-4,7H,1-2,5-6,15H2/t7-/m0/s1. The smallest absolute Gasteiger partial charge is 0.246 e. The van der Waals surface area contributed by atoms with Crippen LogP contribution in [0, 0.1) is 5.92 Å². The summed E-state index contributed by atoms with van der Waals surface area (Å²) >= 11 is 17.7. The van der Waals surface area contributed by atoms with Gasteiger partial charge in [0.15, 0.2) is 0 Å². The van der Waals surface area contributed by atoms with E-state index in [1.54, 1.807) is 0 Å². The molecular formula is C11H13Cl3N2O2S. The van der Waals surface area contributed by atoms with Crippen molar-refractivity contribution in [3.63, 3.8) is 0 Å². The molecule has 0 spiro atoms. The van der Waals surface area contributed by atoms with E-state index < -0.39 is 10.0 Å². The zero-order chi connectivity index (χ0) is 14.2. The monoisotopic (exact) mass is 342 g/mol. The van der Waals surface area contributed by atoms with Gasteiger partial charge in [0.2, 0.25) is 10.0 Å². The van der Waals surface area contributed by atoms with Gasteiger partial charge in [-0.2, -0.15) is 4.31 Å². The second kappa shape index (κ2) is 5.76. The van der Waals surface area contributed by atoms with Gasteiger partial charge in [-0.05, 0) is 31.0 Å². The van der Waals surface area contributed by atoms with Crippen LogP contribution in [0.25, 0.3) is 0 Å². The third-order valence-corrected chi connectivity index (χ3v) is 6.15. The molecule has 0 amide bonds. The minimum Gasteiger partial charge on any atom is -0.330 e. The molecule has 106 valence electrons. The molecule has 2 rings (SSSR count). The highest BCUT2D eigenvalue weighted by atomic mass is 35.5. The number of hydrogen-bond acceptors (Lipinski definition) is 3. The molecule has 0 bridgehead atoms. The number of nitrogens with two attached hydrogens (primary N) is 1. The largest absolute Gasteiger partial charge is 0.330 e. The summed E-state index contributed by atoms with van der Waals surface area (Å²) in [5.41, 5.74) is 5.57. The van der Waals surface area contributed by atoms with Crippen LogP contribution in [-0.2, 0) is 10.0 Å². The number of benzene rings is 1. The highest BCUT2D eigenvalue weighted by Crippen LogP contribution is 2.36. The molecule has 0 aromatic heterocycles. The van der Waals surface area contributed by atoms with Gasteiger partial charge < -0.3 is 5.73 Å². The third kappa shape index (κ3) is 3.01. The Bertz CT molecular complexity index is 569. The molecule has 1 saturated heterocycles. The first kappa shape index (κ1) is 15.4. The summed E-state index contributed by atoms with van der Waals surface area (Å²) < 4.78 is 26.4. The van der Waals surface area contributed by atoms with Gasteiger partial charge in [0.25, 0.3) is 0 Å². The molecule has 1 fully saturated rings. The van der Waals surface area contributed by atoms with Crippen LogP contribution >= 0.6 is 34.8 Å². The summed E-state index contributed by atoms with van der Waals surface area (Å²) in [5.74, 6) is 0.180. The number of hydrogen-bond donors (Lipinski definition) is 1. The number of halogens is 3. The first-order valence-corrected chi connectivity index (χ1v) is 8.28. The summed E-state index contributed by atoms with van der Waals surface area (Å²) in [6, 6.07) is 2.75. The van der Waals surface area contributed by atoms with Gasteiger partial charge >= 0.3 is 0 Å². The van der Waals surface area contributed by atoms with Crippen LogP contribution in [0.4, 0.5) is 0 Å². The molecule has 4 nitrogen and oxygen atoms in total. The van der Waals surface area contributed by atoms with Gasteiger partial charge in [0.05, 0.1) is 10.0 Å². The highest BCUT2D eigenvalue weighted by Gasteiger charge is 2.34. The third-order valence-electron chi connectivity index (χ3n) is 3.14. The summed E-state index contributed by atoms with van der Waals surface area (Å²) in [5, 5.41) is 0.373. The number of nitrogens with zero attached hydrogens (tertiary/aromatic N) is 1. The van der Waals surface area contributed by atoms with Gasteiger partial charge in [-0.3, -0.25) is 0 Å². The zero-order valence-electron chi connectivity index (χ0n) is 9.94. The molecule has 8 heteroatoms. The Labute approximate surface area is 127 Å². The molecular weight excluding hydrogens is 331 g/mol. The van der Waals surface area contributed by atoms with Gasteiger partial charge in [-0.25, -0.2) is 8.42 Å². The van der Waals surface area contributed by atoms with Crippen molar-refractivity contribution in [2.45, 2.75) is 11.3 Å². The van der Waals surface area contributed by atoms with Crippen molar-refractivity contribution in [3.05, 3.63) is 27.2 Å². The number of sulfonamides is 1. The van der Waals surface area contributed by atoms with Crippen molar-refractivity contribution >= 4 is 44.8 Å². The lowest BCUT2D eigenvalue weighted by atomic mass is 10.1. The Morgan fingerprint density at radius 3 is 2.32 bits per heavy atom. The van der Waals surface area contributed by atoms with Crippen molar-refractivity contribution < 1.29 is 8.42 Å². The van der Waals surface area contributed by atoms with E-state index in [0.29, 0.717) is 24.7 Å². The van der Waals surface area contributed by atoms with E-state index in [9.17, 15) is 8.42 Å². The normalized spacial score (nSPS) is 20.9. The van der Waals surface area contributed by atoms with Crippen LogP contribution in [0.5, 0.6) is 0 Å². The Balaban J connectivity index is 2.41. The van der Waals surface area contributed by atoms with Crippen molar-refractivity contribution in [3.8, 4) is 0 Å². The van der Waals surface area contributed by atoms with Crippen molar-refractivity contribution in [1.29, 1.82) is 0 Å². The predicted molar refractivity (Wildman–Crippen MR) is 77.4 cm³/mol. The van der Waals surface area contributed by atoms with Crippen molar-refractivity contribution in [2.75, 3.05) is 19.6 Å². The summed E-state index contributed by atoms with van der Waals surface area (Å²) in [7, 11) is -3.70. The van der Waals surface area contributed by atoms with Gasteiger partial charge in [-0.1, -0.05) is 34.8 Å². The first-order valence-electron chi connectivity index (χ1n) is 5.71. The van der Waals surface area contributed by atoms with Crippen LogP contribution in [0.1, 0.15) is 6.42 Å². The minimum atomic E-state index is -3.70. The summed E-state index contributed by atoms with van der Waals surface area (Å²) in [6.45, 7) is 1.29. The van der Waals surface area contributed by atoms with E-state index in [2.05, 4.69) is 0 Å². The number of rotatable bonds is 3. The average molecular weight is 344 g/mol. The van der Waals surface area contributed by atoms with E-state index in [0.717, 1.165) is 6.42 Å². The van der Waals surface area contributed by atoms with Crippen molar-refractivity contribution in [1.82, 2.24) is 4.31 Å². The van der Waals surface area contributed by atoms with Crippen molar-refractivity contribution in [2.24, 2.45) is 11.7 Å². The molecule has 1 heterocycles. The van der Waals surface area contributed by atoms with Crippen LogP contribution in [0.3, 0.4) is 0 Å². The summed E-state index contributed by atoms with van der Waals surface area (Å²) in [4.78, 5) is -0.0853. The fraction of sp³-hybridized carbons (Fsp3) is 0.455. The highest BCUT2D eigenvalue weighted by molar-refractivity contribution is 7.89. The molecule has 1 atom stereocenters. The first-order chi connectivity index (χ1) is 8.86. The van der Waals surface area contributed by atoms with Crippen LogP contribution in [-0.4, -0.2) is 32.4 Å². The molecule has 0 unspecified atom stereocenters. The second-order valence-electron chi connectivity index (χ2n) is 4.45. The van der Waals surface area contributed by atoms with Gasteiger partial charge in [-0.15, -0.1) is 0 Å². The predicted octanol–water partition coefficient (Wildman–Crippen LogP) is 2.62. The topological polar surface area (TPSA) is 63.4 Å². The zero-order valence-corrected chi connectivity index (χ0v) is 13.0. The lowest BCUT2D eigenvalue weighted by Gasteiger charge is -2.18. The molecule has 1 aromatic rings. The average Bonchev–Trinajstić information content (AvgIpc) is 2.75. The van der Waals surface area contributed by atoms with Gasteiger partial charge in [0.1, 0.15) is 4.90 Å². The molecule has 1 aromatic carbocycles. The van der Waals surface area contributed by atoms with E-state index in [1.807, 2.05) is 0 Å². The molecule has 1 aliphatic rings. The Morgan fingerprint density at radius 2 is 1.84 bits per heavy atom. The van der Waals surface area contributed by atoms with Gasteiger partial charge in [0, 0.05) is 18.1 Å². The Hall–Kier alpha value is -0.0400. The summed E-state index contributed by atoms with van der Waals surface area (Å²) in [6.07, 6.45) is 0.749. The molecule has 0 aliphatic carbocycles. The Morgan fingerprint density at radius 1 is 1.26 bits per heavy atom. The fourth-order valence-electron chi connectivity index (χ4n) is 2.11. The maximum Gasteiger partial charge on any atom is 0.246 e. The molecule has 0 saturated carbocycles. The second-order valence-corrected chi connectivity index (χ2v) is 7.58. The van der Waals surface area contributed by atoms with E-state index in [4.69, 9.17) is 40.5 Å². The quantitative estimate of drug-likeness (QED) is 0.917. The van der Waals surface area contributed by atoms with Crippen LogP contribution < -0.4 is 5.73 Å².